The highest BCUT2D eigenvalue weighted by atomic mass is 19.1. The van der Waals surface area contributed by atoms with Gasteiger partial charge in [0.1, 0.15) is 17.4 Å². The zero-order valence-electron chi connectivity index (χ0n) is 16.7. The number of ketones is 2. The van der Waals surface area contributed by atoms with E-state index < -0.39 is 51.4 Å². The standard InChI is InChI=1S/C20H13FN4O8/c1-33-20(30)17(27)14(16(26)19(29)22-10-4-2-9(21)3-5-10)15-18(28)24-13-8-11(25(31)32)6-7-12(13)23-15/h2-8,14H,1H3,(H,22,29)(H,24,28)/t14-/m0/s1. The molecular formula is C20H13FN4O8. The molecule has 3 rings (SSSR count). The van der Waals surface area contributed by atoms with Crippen LogP contribution < -0.4 is 10.9 Å². The van der Waals surface area contributed by atoms with Gasteiger partial charge in [0.2, 0.25) is 5.78 Å². The second kappa shape index (κ2) is 9.13. The molecule has 0 unspecified atom stereocenters. The number of aromatic nitrogens is 2. The van der Waals surface area contributed by atoms with Crippen LogP contribution in [0.4, 0.5) is 15.8 Å². The normalized spacial score (nSPS) is 11.5. The van der Waals surface area contributed by atoms with E-state index in [0.29, 0.717) is 0 Å². The van der Waals surface area contributed by atoms with Crippen molar-refractivity contribution in [3.63, 3.8) is 0 Å². The predicted octanol–water partition coefficient (Wildman–Crippen LogP) is 1.00. The van der Waals surface area contributed by atoms with Crippen LogP contribution in [-0.2, 0) is 23.9 Å². The van der Waals surface area contributed by atoms with Gasteiger partial charge in [-0.1, -0.05) is 0 Å². The van der Waals surface area contributed by atoms with Gasteiger partial charge in [0.05, 0.1) is 23.1 Å². The number of aromatic amines is 1. The second-order valence-corrected chi connectivity index (χ2v) is 6.52. The largest absolute Gasteiger partial charge is 0.463 e. The molecule has 0 fully saturated rings. The van der Waals surface area contributed by atoms with Crippen molar-refractivity contribution in [2.24, 2.45) is 0 Å². The van der Waals surface area contributed by atoms with E-state index in [1.54, 1.807) is 0 Å². The first-order valence-corrected chi connectivity index (χ1v) is 9.03. The Morgan fingerprint density at radius 1 is 1.12 bits per heavy atom. The molecule has 0 radical (unpaired) electrons. The average molecular weight is 456 g/mol. The van der Waals surface area contributed by atoms with E-state index in [4.69, 9.17) is 0 Å². The maximum Gasteiger partial charge on any atom is 0.375 e. The lowest BCUT2D eigenvalue weighted by Gasteiger charge is -2.13. The summed E-state index contributed by atoms with van der Waals surface area (Å²) in [5.41, 5.74) is -2.40. The first-order valence-electron chi connectivity index (χ1n) is 9.03. The molecule has 0 aliphatic rings. The fourth-order valence-corrected chi connectivity index (χ4v) is 2.84. The molecule has 0 spiro atoms. The first kappa shape index (κ1) is 22.9. The van der Waals surface area contributed by atoms with Crippen molar-refractivity contribution in [1.82, 2.24) is 9.97 Å². The number of ether oxygens (including phenoxy) is 1. The number of benzene rings is 2. The van der Waals surface area contributed by atoms with Gasteiger partial charge >= 0.3 is 5.97 Å². The number of methoxy groups -OCH3 is 1. The number of fused-ring (bicyclic) bond motifs is 1. The Hall–Kier alpha value is -4.81. The van der Waals surface area contributed by atoms with Crippen molar-refractivity contribution in [1.29, 1.82) is 0 Å². The molecule has 12 nitrogen and oxygen atoms in total. The van der Waals surface area contributed by atoms with Gasteiger partial charge in [-0.3, -0.25) is 29.3 Å². The number of carbonyl (C=O) groups excluding carboxylic acids is 4. The molecule has 2 N–H and O–H groups in total. The van der Waals surface area contributed by atoms with Gasteiger partial charge in [-0.25, -0.2) is 14.2 Å². The number of nitrogens with zero attached hydrogens (tertiary/aromatic N) is 2. The minimum Gasteiger partial charge on any atom is -0.463 e. The van der Waals surface area contributed by atoms with E-state index in [0.717, 1.165) is 49.6 Å². The van der Waals surface area contributed by atoms with Gasteiger partial charge in [-0.05, 0) is 30.3 Å². The number of rotatable bonds is 7. The summed E-state index contributed by atoms with van der Waals surface area (Å²) in [6.07, 6.45) is 0. The third kappa shape index (κ3) is 4.76. The maximum atomic E-state index is 13.0. The number of nitro groups is 1. The van der Waals surface area contributed by atoms with Gasteiger partial charge in [0.15, 0.2) is 0 Å². The van der Waals surface area contributed by atoms with Crippen molar-refractivity contribution < 1.29 is 33.2 Å². The van der Waals surface area contributed by atoms with Crippen LogP contribution >= 0.6 is 0 Å². The van der Waals surface area contributed by atoms with E-state index in [2.05, 4.69) is 20.0 Å². The SMILES string of the molecule is COC(=O)C(=O)[C@H](C(=O)C(=O)Nc1ccc(F)cc1)c1nc2ccc([N+](=O)[O-])cc2[nH]c1=O. The minimum atomic E-state index is -2.26. The number of esters is 1. The number of halogens is 1. The summed E-state index contributed by atoms with van der Waals surface area (Å²) in [7, 11) is 0.859. The van der Waals surface area contributed by atoms with Crippen LogP contribution in [0.15, 0.2) is 47.3 Å². The minimum absolute atomic E-state index is 0.00621. The van der Waals surface area contributed by atoms with Crippen LogP contribution in [0.3, 0.4) is 0 Å². The van der Waals surface area contributed by atoms with Crippen molar-refractivity contribution in [3.8, 4) is 0 Å². The smallest absolute Gasteiger partial charge is 0.375 e. The van der Waals surface area contributed by atoms with Crippen LogP contribution in [0.2, 0.25) is 0 Å². The highest BCUT2D eigenvalue weighted by molar-refractivity contribution is 6.52. The number of non-ortho nitro benzene ring substituents is 1. The number of nitrogens with one attached hydrogen (secondary N) is 2. The number of hydrogen-bond acceptors (Lipinski definition) is 9. The molecule has 1 aromatic heterocycles. The maximum absolute atomic E-state index is 13.0. The topological polar surface area (TPSA) is 178 Å². The first-order chi connectivity index (χ1) is 15.6. The van der Waals surface area contributed by atoms with Crippen LogP contribution in [-0.4, -0.2) is 45.4 Å². The van der Waals surface area contributed by atoms with Crippen LogP contribution in [0, 0.1) is 15.9 Å². The Balaban J connectivity index is 2.06. The molecule has 0 saturated heterocycles. The van der Waals surface area contributed by atoms with E-state index in [-0.39, 0.29) is 22.4 Å². The van der Waals surface area contributed by atoms with Gasteiger partial charge in [-0.15, -0.1) is 0 Å². The molecule has 1 heterocycles. The number of Topliss-reactive ketones (excluding diaryl/α,β-unsaturated/α-hetero) is 2. The van der Waals surface area contributed by atoms with Crippen molar-refractivity contribution in [3.05, 3.63) is 74.4 Å². The van der Waals surface area contributed by atoms with Crippen molar-refractivity contribution in [2.45, 2.75) is 5.92 Å². The molecule has 0 aliphatic heterocycles. The summed E-state index contributed by atoms with van der Waals surface area (Å²) < 4.78 is 17.4. The summed E-state index contributed by atoms with van der Waals surface area (Å²) >= 11 is 0. The summed E-state index contributed by atoms with van der Waals surface area (Å²) in [6, 6.07) is 7.52. The molecule has 33 heavy (non-hydrogen) atoms. The van der Waals surface area contributed by atoms with Crippen molar-refractivity contribution in [2.75, 3.05) is 12.4 Å². The third-order valence-corrected chi connectivity index (χ3v) is 4.42. The number of nitro benzene ring substituents is 1. The molecular weight excluding hydrogens is 443 g/mol. The van der Waals surface area contributed by atoms with E-state index in [1.807, 2.05) is 0 Å². The Morgan fingerprint density at radius 2 is 1.79 bits per heavy atom. The number of hydrogen-bond donors (Lipinski definition) is 2. The van der Waals surface area contributed by atoms with E-state index >= 15 is 0 Å². The molecule has 168 valence electrons. The second-order valence-electron chi connectivity index (χ2n) is 6.52. The van der Waals surface area contributed by atoms with Gasteiger partial charge in [0.25, 0.3) is 22.9 Å². The van der Waals surface area contributed by atoms with Gasteiger partial charge in [0, 0.05) is 17.8 Å². The predicted molar refractivity (Wildman–Crippen MR) is 109 cm³/mol. The van der Waals surface area contributed by atoms with Gasteiger partial charge < -0.3 is 15.0 Å². The monoisotopic (exact) mass is 456 g/mol. The van der Waals surface area contributed by atoms with Crippen LogP contribution in [0.1, 0.15) is 11.6 Å². The molecule has 0 aliphatic carbocycles. The quantitative estimate of drug-likeness (QED) is 0.172. The Kier molecular flexibility index (Phi) is 6.33. The zero-order chi connectivity index (χ0) is 24.3. The van der Waals surface area contributed by atoms with Crippen molar-refractivity contribution >= 4 is 45.9 Å². The highest BCUT2D eigenvalue weighted by Gasteiger charge is 2.40. The number of amides is 1. The highest BCUT2D eigenvalue weighted by Crippen LogP contribution is 2.21. The Bertz CT molecular complexity index is 1370. The Morgan fingerprint density at radius 3 is 2.39 bits per heavy atom. The average Bonchev–Trinajstić information content (AvgIpc) is 2.79. The fourth-order valence-electron chi connectivity index (χ4n) is 2.84. The van der Waals surface area contributed by atoms with Crippen LogP contribution in [0.25, 0.3) is 11.0 Å². The lowest BCUT2D eigenvalue weighted by atomic mass is 9.94. The Labute approximate surface area is 182 Å². The lowest BCUT2D eigenvalue weighted by Crippen LogP contribution is -2.39. The molecule has 2 aromatic carbocycles. The molecule has 3 aromatic rings. The fraction of sp³-hybridized carbons (Fsp3) is 0.100. The van der Waals surface area contributed by atoms with E-state index in [1.165, 1.54) is 0 Å². The molecule has 1 atom stereocenters. The summed E-state index contributed by atoms with van der Waals surface area (Å²) in [5, 5.41) is 13.1. The molecule has 0 saturated carbocycles. The summed E-state index contributed by atoms with van der Waals surface area (Å²) in [4.78, 5) is 78.6. The lowest BCUT2D eigenvalue weighted by molar-refractivity contribution is -0.384. The molecule has 13 heteroatoms. The van der Waals surface area contributed by atoms with E-state index in [9.17, 15) is 38.5 Å². The third-order valence-electron chi connectivity index (χ3n) is 4.42. The molecule has 1 amide bonds. The summed E-state index contributed by atoms with van der Waals surface area (Å²) in [5.74, 6) is -8.79. The zero-order valence-corrected chi connectivity index (χ0v) is 16.7. The number of H-pyrrole nitrogens is 1. The van der Waals surface area contributed by atoms with Gasteiger partial charge in [-0.2, -0.15) is 0 Å². The molecule has 0 bridgehead atoms. The number of carbonyl (C=O) groups is 4. The summed E-state index contributed by atoms with van der Waals surface area (Å²) in [6.45, 7) is 0. The van der Waals surface area contributed by atoms with Crippen LogP contribution in [0.5, 0.6) is 0 Å². The number of anilines is 1.